The maximum atomic E-state index is 12.1. The predicted octanol–water partition coefficient (Wildman–Crippen LogP) is 3.95. The van der Waals surface area contributed by atoms with Gasteiger partial charge < -0.3 is 20.5 Å². The average Bonchev–Trinajstić information content (AvgIpc) is 2.77. The summed E-state index contributed by atoms with van der Waals surface area (Å²) in [5, 5.41) is 15.5. The van der Waals surface area contributed by atoms with Gasteiger partial charge in [-0.1, -0.05) is 32.8 Å². The first-order chi connectivity index (χ1) is 15.5. The number of carboxylic acids is 1. The number of amides is 1. The van der Waals surface area contributed by atoms with Crippen LogP contribution in [0.25, 0.3) is 0 Å². The molecule has 0 spiro atoms. The van der Waals surface area contributed by atoms with Gasteiger partial charge in [-0.15, -0.1) is 0 Å². The van der Waals surface area contributed by atoms with Gasteiger partial charge in [0.15, 0.2) is 0 Å². The Morgan fingerprint density at radius 1 is 1.28 bits per heavy atom. The van der Waals surface area contributed by atoms with Crippen molar-refractivity contribution in [2.24, 2.45) is 11.8 Å². The van der Waals surface area contributed by atoms with Crippen LogP contribution in [0, 0.1) is 11.8 Å². The van der Waals surface area contributed by atoms with Crippen LogP contribution in [0.4, 0.5) is 5.82 Å². The number of aromatic nitrogens is 1. The van der Waals surface area contributed by atoms with Crippen LogP contribution in [0.5, 0.6) is 0 Å². The second-order valence-electron chi connectivity index (χ2n) is 9.34. The molecule has 3 rings (SSSR count). The zero-order valence-corrected chi connectivity index (χ0v) is 19.6. The topological polar surface area (TPSA) is 101 Å². The van der Waals surface area contributed by atoms with Gasteiger partial charge in [-0.2, -0.15) is 0 Å². The van der Waals surface area contributed by atoms with E-state index in [9.17, 15) is 14.7 Å². The second-order valence-corrected chi connectivity index (χ2v) is 9.34. The summed E-state index contributed by atoms with van der Waals surface area (Å²) in [7, 11) is 0. The van der Waals surface area contributed by atoms with Gasteiger partial charge in [0.25, 0.3) is 0 Å². The lowest BCUT2D eigenvalue weighted by Crippen LogP contribution is -2.42. The Balaban J connectivity index is 1.31. The molecular formula is C25H39N3O4. The van der Waals surface area contributed by atoms with Crippen LogP contribution in [0.2, 0.25) is 0 Å². The molecule has 2 aliphatic rings. The van der Waals surface area contributed by atoms with Gasteiger partial charge in [0, 0.05) is 31.7 Å². The Labute approximate surface area is 191 Å². The minimum atomic E-state index is -0.995. The van der Waals surface area contributed by atoms with Crippen LogP contribution < -0.4 is 10.6 Å². The summed E-state index contributed by atoms with van der Waals surface area (Å²) in [5.41, 5.74) is 2.47. The highest BCUT2D eigenvalue weighted by molar-refractivity contribution is 5.83. The first-order valence-electron chi connectivity index (χ1n) is 12.3. The number of nitrogens with zero attached hydrogens (tertiary/aromatic N) is 1. The van der Waals surface area contributed by atoms with Crippen LogP contribution in [-0.2, 0) is 27.2 Å². The molecule has 0 saturated heterocycles. The van der Waals surface area contributed by atoms with Crippen molar-refractivity contribution in [3.8, 4) is 0 Å². The number of fused-ring (bicyclic) bond motifs is 1. The molecule has 178 valence electrons. The number of anilines is 1. The Hall–Kier alpha value is -2.15. The Kier molecular flexibility index (Phi) is 9.33. The summed E-state index contributed by atoms with van der Waals surface area (Å²) < 4.78 is 5.88. The summed E-state index contributed by atoms with van der Waals surface area (Å²) >= 11 is 0. The molecule has 1 aromatic rings. The fourth-order valence-corrected chi connectivity index (χ4v) is 4.61. The van der Waals surface area contributed by atoms with Crippen LogP contribution in [0.3, 0.4) is 0 Å². The molecule has 1 aliphatic heterocycles. The third-order valence-corrected chi connectivity index (χ3v) is 6.98. The number of aliphatic carboxylic acids is 1. The molecule has 1 aromatic heterocycles. The molecule has 32 heavy (non-hydrogen) atoms. The number of carbonyl (C=O) groups is 2. The highest BCUT2D eigenvalue weighted by Gasteiger charge is 2.30. The van der Waals surface area contributed by atoms with Crippen molar-refractivity contribution in [1.29, 1.82) is 0 Å². The van der Waals surface area contributed by atoms with Gasteiger partial charge in [-0.25, -0.2) is 9.78 Å². The normalized spacial score (nSPS) is 20.7. The summed E-state index contributed by atoms with van der Waals surface area (Å²) in [5.74, 6) is 0.829. The molecule has 2 heterocycles. The average molecular weight is 446 g/mol. The zero-order valence-electron chi connectivity index (χ0n) is 19.6. The van der Waals surface area contributed by atoms with Gasteiger partial charge in [-0.3, -0.25) is 4.79 Å². The number of pyridine rings is 1. The van der Waals surface area contributed by atoms with E-state index in [0.29, 0.717) is 31.3 Å². The molecule has 1 unspecified atom stereocenters. The lowest BCUT2D eigenvalue weighted by molar-refractivity contribution is -0.143. The number of hydrogen-bond acceptors (Lipinski definition) is 5. The van der Waals surface area contributed by atoms with E-state index < -0.39 is 12.0 Å². The van der Waals surface area contributed by atoms with E-state index in [1.807, 2.05) is 0 Å². The molecule has 1 atom stereocenters. The Bertz CT molecular complexity index is 760. The predicted molar refractivity (Wildman–Crippen MR) is 125 cm³/mol. The standard InChI is InChI=1S/C25H39N3O4/c1-3-17(4-2)16-23(29)28-22(25(30)31)11-13-32-21-14-18(15-21)7-9-20-10-8-19-6-5-12-26-24(19)27-20/h8,10,17-18,21-22H,3-7,9,11-16H2,1-2H3,(H,26,27)(H,28,29)(H,30,31)/t18-,21-,22?. The number of hydrogen-bond donors (Lipinski definition) is 3. The first kappa shape index (κ1) is 24.5. The monoisotopic (exact) mass is 445 g/mol. The molecule has 1 fully saturated rings. The van der Waals surface area contributed by atoms with Gasteiger partial charge in [0.2, 0.25) is 5.91 Å². The van der Waals surface area contributed by atoms with Gasteiger partial charge >= 0.3 is 5.97 Å². The van der Waals surface area contributed by atoms with Crippen LogP contribution >= 0.6 is 0 Å². The number of carbonyl (C=O) groups excluding carboxylic acids is 1. The van der Waals surface area contributed by atoms with Crippen molar-refractivity contribution < 1.29 is 19.4 Å². The second kappa shape index (κ2) is 12.2. The van der Waals surface area contributed by atoms with Crippen LogP contribution in [0.15, 0.2) is 12.1 Å². The fraction of sp³-hybridized carbons (Fsp3) is 0.720. The SMILES string of the molecule is CCC(CC)CC(=O)NC(CCO[C@H]1C[C@H](CCc2ccc3c(n2)NCCC3)C1)C(=O)O. The quantitative estimate of drug-likeness (QED) is 0.425. The number of ether oxygens (including phenoxy) is 1. The molecular weight excluding hydrogens is 406 g/mol. The van der Waals surface area contributed by atoms with E-state index in [1.165, 1.54) is 12.0 Å². The molecule has 0 radical (unpaired) electrons. The molecule has 1 amide bonds. The van der Waals surface area contributed by atoms with Crippen molar-refractivity contribution in [3.63, 3.8) is 0 Å². The van der Waals surface area contributed by atoms with Crippen molar-refractivity contribution in [2.45, 2.75) is 90.2 Å². The van der Waals surface area contributed by atoms with E-state index in [2.05, 4.69) is 36.6 Å². The van der Waals surface area contributed by atoms with Crippen molar-refractivity contribution >= 4 is 17.7 Å². The largest absolute Gasteiger partial charge is 0.480 e. The Morgan fingerprint density at radius 3 is 2.78 bits per heavy atom. The van der Waals surface area contributed by atoms with E-state index in [4.69, 9.17) is 9.72 Å². The van der Waals surface area contributed by atoms with Gasteiger partial charge in [0.1, 0.15) is 11.9 Å². The minimum Gasteiger partial charge on any atom is -0.480 e. The van der Waals surface area contributed by atoms with Gasteiger partial charge in [0.05, 0.1) is 6.10 Å². The lowest BCUT2D eigenvalue weighted by Gasteiger charge is -2.35. The van der Waals surface area contributed by atoms with Crippen LogP contribution in [-0.4, -0.2) is 47.3 Å². The highest BCUT2D eigenvalue weighted by Crippen LogP contribution is 2.34. The fourth-order valence-electron chi connectivity index (χ4n) is 4.61. The number of nitrogens with one attached hydrogen (secondary N) is 2. The third kappa shape index (κ3) is 7.19. The summed E-state index contributed by atoms with van der Waals surface area (Å²) in [6.45, 7) is 5.47. The van der Waals surface area contributed by atoms with Crippen molar-refractivity contribution in [3.05, 3.63) is 23.4 Å². The molecule has 1 saturated carbocycles. The third-order valence-electron chi connectivity index (χ3n) is 6.98. The van der Waals surface area contributed by atoms with E-state index in [0.717, 1.165) is 63.0 Å². The number of aryl methyl sites for hydroxylation is 2. The molecule has 0 bridgehead atoms. The number of rotatable bonds is 13. The maximum Gasteiger partial charge on any atom is 0.326 e. The van der Waals surface area contributed by atoms with Crippen LogP contribution in [0.1, 0.15) is 76.5 Å². The van der Waals surface area contributed by atoms with E-state index >= 15 is 0 Å². The molecule has 1 aliphatic carbocycles. The molecule has 7 heteroatoms. The summed E-state index contributed by atoms with van der Waals surface area (Å²) in [6, 6.07) is 3.48. The minimum absolute atomic E-state index is 0.180. The zero-order chi connectivity index (χ0) is 22.9. The highest BCUT2D eigenvalue weighted by atomic mass is 16.5. The molecule has 7 nitrogen and oxygen atoms in total. The molecule has 0 aromatic carbocycles. The molecule has 3 N–H and O–H groups in total. The summed E-state index contributed by atoms with van der Waals surface area (Å²) in [6.07, 6.45) is 9.15. The van der Waals surface area contributed by atoms with Crippen molar-refractivity contribution in [2.75, 3.05) is 18.5 Å². The van der Waals surface area contributed by atoms with E-state index in [-0.39, 0.29) is 12.0 Å². The van der Waals surface area contributed by atoms with E-state index in [1.54, 1.807) is 0 Å². The van der Waals surface area contributed by atoms with Crippen molar-refractivity contribution in [1.82, 2.24) is 10.3 Å². The summed E-state index contributed by atoms with van der Waals surface area (Å²) in [4.78, 5) is 28.4. The lowest BCUT2D eigenvalue weighted by atomic mass is 9.79. The number of carboxylic acid groups (broad SMARTS) is 1. The van der Waals surface area contributed by atoms with Gasteiger partial charge in [-0.05, 0) is 62.0 Å². The maximum absolute atomic E-state index is 12.1. The first-order valence-corrected chi connectivity index (χ1v) is 12.3. The Morgan fingerprint density at radius 2 is 2.06 bits per heavy atom. The smallest absolute Gasteiger partial charge is 0.326 e.